The molecule has 0 saturated carbocycles. The van der Waals surface area contributed by atoms with Gasteiger partial charge in [0.1, 0.15) is 5.01 Å². The molecule has 26 heavy (non-hydrogen) atoms. The highest BCUT2D eigenvalue weighted by Gasteiger charge is 2.10. The fourth-order valence-corrected chi connectivity index (χ4v) is 3.41. The number of aromatic nitrogens is 4. The minimum Gasteiger partial charge on any atom is -0.352 e. The van der Waals surface area contributed by atoms with Gasteiger partial charge >= 0.3 is 5.69 Å². The van der Waals surface area contributed by atoms with Crippen molar-refractivity contribution in [2.24, 2.45) is 0 Å². The van der Waals surface area contributed by atoms with Crippen molar-refractivity contribution < 1.29 is 4.79 Å². The van der Waals surface area contributed by atoms with Gasteiger partial charge in [-0.1, -0.05) is 12.1 Å². The molecule has 0 aliphatic heterocycles. The van der Waals surface area contributed by atoms with Gasteiger partial charge in [0.2, 0.25) is 5.91 Å². The summed E-state index contributed by atoms with van der Waals surface area (Å²) in [5.74, 6) is -0.106. The van der Waals surface area contributed by atoms with Gasteiger partial charge in [-0.25, -0.2) is 9.78 Å². The van der Waals surface area contributed by atoms with Crippen molar-refractivity contribution in [3.05, 3.63) is 69.7 Å². The third-order valence-corrected chi connectivity index (χ3v) is 4.76. The number of carbonyl (C=O) groups is 1. The van der Waals surface area contributed by atoms with Crippen LogP contribution >= 0.6 is 11.3 Å². The number of aromatic amines is 2. The molecule has 0 atom stereocenters. The number of H-pyrrole nitrogens is 2. The molecule has 3 N–H and O–H groups in total. The van der Waals surface area contributed by atoms with Crippen LogP contribution in [0.15, 0.2) is 52.8 Å². The molecule has 1 aromatic carbocycles. The highest BCUT2D eigenvalue weighted by Crippen LogP contribution is 2.21. The smallest absolute Gasteiger partial charge is 0.323 e. The highest BCUT2D eigenvalue weighted by molar-refractivity contribution is 7.13. The van der Waals surface area contributed by atoms with Crippen molar-refractivity contribution in [1.82, 2.24) is 25.3 Å². The van der Waals surface area contributed by atoms with Gasteiger partial charge in [-0.3, -0.25) is 9.78 Å². The first-order chi connectivity index (χ1) is 12.7. The molecule has 0 spiro atoms. The number of hydrogen-bond acceptors (Lipinski definition) is 5. The van der Waals surface area contributed by atoms with Crippen LogP contribution in [0.3, 0.4) is 0 Å². The highest BCUT2D eigenvalue weighted by atomic mass is 32.1. The quantitative estimate of drug-likeness (QED) is 0.504. The molecule has 0 fully saturated rings. The number of nitrogens with one attached hydrogen (secondary N) is 3. The Hall–Kier alpha value is -3.26. The monoisotopic (exact) mass is 365 g/mol. The molecule has 0 bridgehead atoms. The Bertz CT molecular complexity index is 1110. The second-order valence-corrected chi connectivity index (χ2v) is 6.63. The molecule has 130 valence electrons. The molecule has 3 heterocycles. The minimum atomic E-state index is -0.242. The molecular weight excluding hydrogens is 350 g/mol. The van der Waals surface area contributed by atoms with Crippen molar-refractivity contribution in [2.45, 2.75) is 13.0 Å². The first-order valence-corrected chi connectivity index (χ1v) is 8.89. The van der Waals surface area contributed by atoms with E-state index in [1.54, 1.807) is 6.20 Å². The average molecular weight is 365 g/mol. The molecule has 1 amide bonds. The van der Waals surface area contributed by atoms with Gasteiger partial charge in [0.25, 0.3) is 0 Å². The number of benzene rings is 1. The fraction of sp³-hybridized carbons (Fsp3) is 0.111. The second-order valence-electron chi connectivity index (χ2n) is 5.77. The van der Waals surface area contributed by atoms with Crippen LogP contribution in [0, 0.1) is 0 Å². The van der Waals surface area contributed by atoms with Gasteiger partial charge in [-0.15, -0.1) is 11.3 Å². The largest absolute Gasteiger partial charge is 0.352 e. The molecule has 8 heteroatoms. The topological polar surface area (TPSA) is 104 Å². The van der Waals surface area contributed by atoms with Crippen molar-refractivity contribution in [3.8, 4) is 10.7 Å². The van der Waals surface area contributed by atoms with Gasteiger partial charge < -0.3 is 15.3 Å². The first-order valence-electron chi connectivity index (χ1n) is 8.01. The molecule has 0 radical (unpaired) electrons. The van der Waals surface area contributed by atoms with Crippen molar-refractivity contribution in [3.63, 3.8) is 0 Å². The van der Waals surface area contributed by atoms with Gasteiger partial charge in [0, 0.05) is 18.1 Å². The summed E-state index contributed by atoms with van der Waals surface area (Å²) in [6.45, 7) is 0.388. The molecule has 7 nitrogen and oxygen atoms in total. The zero-order chi connectivity index (χ0) is 17.9. The molecule has 0 aliphatic carbocycles. The number of thiazole rings is 1. The number of carbonyl (C=O) groups excluding carboxylic acids is 1. The van der Waals surface area contributed by atoms with E-state index < -0.39 is 0 Å². The van der Waals surface area contributed by atoms with Crippen LogP contribution in [0.4, 0.5) is 0 Å². The number of nitrogens with zero attached hydrogens (tertiary/aromatic N) is 2. The van der Waals surface area contributed by atoms with Gasteiger partial charge in [0.05, 0.1) is 28.8 Å². The van der Waals surface area contributed by atoms with Crippen LogP contribution < -0.4 is 11.0 Å². The lowest BCUT2D eigenvalue weighted by Crippen LogP contribution is -2.24. The first kappa shape index (κ1) is 16.2. The SMILES string of the molecule is O=C(Cc1csc(-c2ccccn2)n1)NCc1ccc2[nH]c(=O)[nH]c2c1. The van der Waals surface area contributed by atoms with E-state index in [4.69, 9.17) is 0 Å². The van der Waals surface area contributed by atoms with E-state index in [9.17, 15) is 9.59 Å². The molecule has 3 aromatic heterocycles. The Morgan fingerprint density at radius 3 is 2.88 bits per heavy atom. The average Bonchev–Trinajstić information content (AvgIpc) is 3.26. The van der Waals surface area contributed by atoms with E-state index >= 15 is 0 Å². The maximum Gasteiger partial charge on any atom is 0.323 e. The molecule has 4 aromatic rings. The van der Waals surface area contributed by atoms with Crippen LogP contribution in [-0.2, 0) is 17.8 Å². The normalized spacial score (nSPS) is 10.9. The maximum absolute atomic E-state index is 12.2. The third-order valence-electron chi connectivity index (χ3n) is 3.85. The molecular formula is C18H15N5O2S. The predicted octanol–water partition coefficient (Wildman–Crippen LogP) is 2.23. The Balaban J connectivity index is 1.37. The summed E-state index contributed by atoms with van der Waals surface area (Å²) in [5.41, 5.74) is 3.66. The van der Waals surface area contributed by atoms with Crippen LogP contribution in [-0.4, -0.2) is 25.8 Å². The Labute approximate surface area is 152 Å². The summed E-state index contributed by atoms with van der Waals surface area (Å²) in [6.07, 6.45) is 1.93. The summed E-state index contributed by atoms with van der Waals surface area (Å²) >= 11 is 1.47. The number of pyridine rings is 1. The molecule has 0 saturated heterocycles. The van der Waals surface area contributed by atoms with Crippen molar-refractivity contribution in [1.29, 1.82) is 0 Å². The van der Waals surface area contributed by atoms with E-state index in [0.717, 1.165) is 33.0 Å². The van der Waals surface area contributed by atoms with Crippen molar-refractivity contribution in [2.75, 3.05) is 0 Å². The van der Waals surface area contributed by atoms with E-state index in [-0.39, 0.29) is 18.0 Å². The van der Waals surface area contributed by atoms with Crippen LogP contribution in [0.2, 0.25) is 0 Å². The van der Waals surface area contributed by atoms with E-state index in [1.807, 2.05) is 41.8 Å². The lowest BCUT2D eigenvalue weighted by Gasteiger charge is -2.04. The summed E-state index contributed by atoms with van der Waals surface area (Å²) in [6, 6.07) is 11.2. The summed E-state index contributed by atoms with van der Waals surface area (Å²) in [7, 11) is 0. The summed E-state index contributed by atoms with van der Waals surface area (Å²) < 4.78 is 0. The van der Waals surface area contributed by atoms with Gasteiger partial charge in [0.15, 0.2) is 0 Å². The zero-order valence-electron chi connectivity index (χ0n) is 13.7. The van der Waals surface area contributed by atoms with Gasteiger partial charge in [-0.05, 0) is 29.8 Å². The lowest BCUT2D eigenvalue weighted by atomic mass is 10.2. The predicted molar refractivity (Wildman–Crippen MR) is 99.8 cm³/mol. The summed E-state index contributed by atoms with van der Waals surface area (Å²) in [5, 5.41) is 5.55. The second kappa shape index (κ2) is 6.93. The van der Waals surface area contributed by atoms with E-state index in [0.29, 0.717) is 6.54 Å². The van der Waals surface area contributed by atoms with E-state index in [1.165, 1.54) is 11.3 Å². The summed E-state index contributed by atoms with van der Waals surface area (Å²) in [4.78, 5) is 37.6. The number of imidazole rings is 1. The number of amides is 1. The third kappa shape index (κ3) is 3.55. The van der Waals surface area contributed by atoms with Crippen LogP contribution in [0.25, 0.3) is 21.7 Å². The maximum atomic E-state index is 12.2. The van der Waals surface area contributed by atoms with Crippen molar-refractivity contribution >= 4 is 28.3 Å². The Morgan fingerprint density at radius 2 is 2.04 bits per heavy atom. The molecule has 0 unspecified atom stereocenters. The Morgan fingerprint density at radius 1 is 1.15 bits per heavy atom. The fourth-order valence-electron chi connectivity index (χ4n) is 2.61. The number of hydrogen-bond donors (Lipinski definition) is 3. The molecule has 0 aliphatic rings. The van der Waals surface area contributed by atoms with Crippen LogP contribution in [0.5, 0.6) is 0 Å². The number of rotatable bonds is 5. The molecule has 4 rings (SSSR count). The standard InChI is InChI=1S/C18H15N5O2S/c24-16(8-12-10-26-17(21-12)14-3-1-2-6-19-14)20-9-11-4-5-13-15(7-11)23-18(25)22-13/h1-7,10H,8-9H2,(H,20,24)(H2,22,23,25). The van der Waals surface area contributed by atoms with E-state index in [2.05, 4.69) is 25.3 Å². The number of fused-ring (bicyclic) bond motifs is 1. The van der Waals surface area contributed by atoms with Gasteiger partial charge in [-0.2, -0.15) is 0 Å². The lowest BCUT2D eigenvalue weighted by molar-refractivity contribution is -0.120. The zero-order valence-corrected chi connectivity index (χ0v) is 14.5. The van der Waals surface area contributed by atoms with Crippen LogP contribution in [0.1, 0.15) is 11.3 Å². The Kier molecular flexibility index (Phi) is 4.32. The minimum absolute atomic E-state index is 0.106.